The second kappa shape index (κ2) is 12.2. The fourth-order valence-corrected chi connectivity index (χ4v) is 7.09. The summed E-state index contributed by atoms with van der Waals surface area (Å²) in [5.41, 5.74) is -5.01. The number of carbonyl (C=O) groups is 5. The average Bonchev–Trinajstić information content (AvgIpc) is 3.66. The maximum Gasteiger partial charge on any atom is 0.312 e. The van der Waals surface area contributed by atoms with Crippen molar-refractivity contribution in [3.63, 3.8) is 0 Å². The Hall–Kier alpha value is -3.29. The van der Waals surface area contributed by atoms with Gasteiger partial charge in [-0.25, -0.2) is 0 Å². The van der Waals surface area contributed by atoms with Gasteiger partial charge in [0.1, 0.15) is 30.0 Å². The quantitative estimate of drug-likeness (QED) is 0.236. The van der Waals surface area contributed by atoms with E-state index in [-0.39, 0.29) is 30.9 Å². The molecule has 3 fully saturated rings. The first-order valence-corrected chi connectivity index (χ1v) is 14.8. The molecule has 1 saturated carbocycles. The van der Waals surface area contributed by atoms with E-state index >= 15 is 0 Å². The van der Waals surface area contributed by atoms with Gasteiger partial charge in [-0.15, -0.1) is 0 Å². The van der Waals surface area contributed by atoms with Gasteiger partial charge >= 0.3 is 29.8 Å². The minimum atomic E-state index is -2.26. The summed E-state index contributed by atoms with van der Waals surface area (Å²) in [6, 6.07) is 0. The Morgan fingerprint density at radius 1 is 1.02 bits per heavy atom. The maximum absolute atomic E-state index is 13.0. The van der Waals surface area contributed by atoms with E-state index in [2.05, 4.69) is 0 Å². The standard InChI is InChI=1S/C31H42O13/c1-15(2)10-25(36)43-23-12-22(41-18(5)34)29(7)21(40-17(4)33)9-8-20(13-32)11-24-31(38,16(3)28(37)44-24)27(42-19(6)35)26(29)30(23)14-39-30/h8-9,11,15-16,21-24,26-27,32,38H,10,12-14H2,1-7H3/b9-8-,20-11+/t16-,21-,22-,23+,24-,26+,27-,29-,30+,31-/m0/s1. The fourth-order valence-electron chi connectivity index (χ4n) is 7.09. The molecule has 0 radical (unpaired) electrons. The summed E-state index contributed by atoms with van der Waals surface area (Å²) in [5, 5.41) is 22.7. The number of aliphatic hydroxyl groups excluding tert-OH is 1. The Morgan fingerprint density at radius 2 is 1.64 bits per heavy atom. The van der Waals surface area contributed by atoms with Crippen LogP contribution in [0.5, 0.6) is 0 Å². The van der Waals surface area contributed by atoms with E-state index in [4.69, 9.17) is 28.4 Å². The van der Waals surface area contributed by atoms with E-state index in [1.54, 1.807) is 6.92 Å². The molecule has 44 heavy (non-hydrogen) atoms. The van der Waals surface area contributed by atoms with E-state index in [9.17, 15) is 34.2 Å². The van der Waals surface area contributed by atoms with Crippen molar-refractivity contribution in [3.8, 4) is 0 Å². The number of esters is 5. The van der Waals surface area contributed by atoms with Gasteiger partial charge in [0.15, 0.2) is 11.7 Å². The van der Waals surface area contributed by atoms with Crippen LogP contribution in [0.4, 0.5) is 0 Å². The molecule has 0 bridgehead atoms. The van der Waals surface area contributed by atoms with Crippen molar-refractivity contribution in [2.45, 2.75) is 103 Å². The number of fused-ring (bicyclic) bond motifs is 3. The van der Waals surface area contributed by atoms with Crippen molar-refractivity contribution in [2.24, 2.45) is 23.2 Å². The molecule has 2 heterocycles. The molecular formula is C31H42O13. The Labute approximate surface area is 255 Å². The van der Waals surface area contributed by atoms with Gasteiger partial charge in [-0.3, -0.25) is 24.0 Å². The Bertz CT molecular complexity index is 1250. The monoisotopic (exact) mass is 622 g/mol. The molecule has 2 aliphatic heterocycles. The first kappa shape index (κ1) is 33.6. The van der Waals surface area contributed by atoms with Crippen molar-refractivity contribution >= 4 is 29.8 Å². The summed E-state index contributed by atoms with van der Waals surface area (Å²) >= 11 is 0. The minimum absolute atomic E-state index is 0.0182. The van der Waals surface area contributed by atoms with Gasteiger partial charge in [-0.1, -0.05) is 26.8 Å². The molecular weight excluding hydrogens is 580 g/mol. The SMILES string of the molecule is CC(=O)O[C@H]1/C=C\C(CO)=C/[C@@H]2OC(=O)[C@H](C)[C@@]2(O)[C@@H](OC(C)=O)[C@H]2[C@@]3(CO3)[C@H](OC(=O)CC(C)C)C[C@H](OC(C)=O)[C@]12C. The largest absolute Gasteiger partial charge is 0.462 e. The number of rotatable bonds is 7. The predicted molar refractivity (Wildman–Crippen MR) is 149 cm³/mol. The summed E-state index contributed by atoms with van der Waals surface area (Å²) in [4.78, 5) is 63.9. The third-order valence-corrected chi connectivity index (χ3v) is 9.23. The normalized spacial score (nSPS) is 41.3. The lowest BCUT2D eigenvalue weighted by molar-refractivity contribution is -0.252. The van der Waals surface area contributed by atoms with Gasteiger partial charge in [-0.2, -0.15) is 0 Å². The molecule has 10 atom stereocenters. The van der Waals surface area contributed by atoms with Crippen LogP contribution in [0.1, 0.15) is 61.3 Å². The van der Waals surface area contributed by atoms with Gasteiger partial charge in [-0.05, 0) is 30.6 Å². The lowest BCUT2D eigenvalue weighted by Gasteiger charge is -2.57. The molecule has 0 aromatic heterocycles. The zero-order chi connectivity index (χ0) is 32.8. The fraction of sp³-hybridized carbons (Fsp3) is 0.710. The molecule has 13 nitrogen and oxygen atoms in total. The molecule has 4 rings (SSSR count). The summed E-state index contributed by atoms with van der Waals surface area (Å²) in [5.74, 6) is -6.05. The van der Waals surface area contributed by atoms with Crippen LogP contribution in [0.15, 0.2) is 23.8 Å². The van der Waals surface area contributed by atoms with E-state index in [0.717, 1.165) is 6.92 Å². The van der Waals surface area contributed by atoms with Crippen LogP contribution in [0.3, 0.4) is 0 Å². The topological polar surface area (TPSA) is 184 Å². The molecule has 2 saturated heterocycles. The molecule has 244 valence electrons. The number of hydrogen-bond acceptors (Lipinski definition) is 13. The Morgan fingerprint density at radius 3 is 2.16 bits per heavy atom. The Balaban J connectivity index is 2.05. The van der Waals surface area contributed by atoms with Crippen LogP contribution in [0.25, 0.3) is 0 Å². The van der Waals surface area contributed by atoms with Crippen LogP contribution in [-0.4, -0.2) is 95.0 Å². The number of aliphatic hydroxyl groups is 2. The molecule has 2 aliphatic carbocycles. The average molecular weight is 623 g/mol. The third kappa shape index (κ3) is 5.89. The van der Waals surface area contributed by atoms with Crippen LogP contribution in [0, 0.1) is 23.2 Å². The van der Waals surface area contributed by atoms with E-state index in [1.165, 1.54) is 39.0 Å². The predicted octanol–water partition coefficient (Wildman–Crippen LogP) is 1.32. The third-order valence-electron chi connectivity index (χ3n) is 9.23. The molecule has 13 heteroatoms. The van der Waals surface area contributed by atoms with Crippen molar-refractivity contribution in [1.82, 2.24) is 0 Å². The van der Waals surface area contributed by atoms with Crippen molar-refractivity contribution < 1.29 is 62.6 Å². The van der Waals surface area contributed by atoms with Gasteiger partial charge < -0.3 is 38.6 Å². The van der Waals surface area contributed by atoms with Crippen molar-refractivity contribution in [2.75, 3.05) is 13.2 Å². The molecule has 0 aromatic carbocycles. The van der Waals surface area contributed by atoms with Gasteiger partial charge in [0, 0.05) is 39.5 Å². The number of carbonyl (C=O) groups excluding carboxylic acids is 5. The summed E-state index contributed by atoms with van der Waals surface area (Å²) in [6.07, 6.45) is -2.14. The highest BCUT2D eigenvalue weighted by Gasteiger charge is 2.78. The zero-order valence-corrected chi connectivity index (χ0v) is 26.1. The minimum Gasteiger partial charge on any atom is -0.462 e. The zero-order valence-electron chi connectivity index (χ0n) is 26.1. The second-order valence-electron chi connectivity index (χ2n) is 12.8. The second-order valence-corrected chi connectivity index (χ2v) is 12.8. The van der Waals surface area contributed by atoms with Gasteiger partial charge in [0.2, 0.25) is 0 Å². The smallest absolute Gasteiger partial charge is 0.312 e. The van der Waals surface area contributed by atoms with Crippen LogP contribution in [0.2, 0.25) is 0 Å². The number of epoxide rings is 1. The van der Waals surface area contributed by atoms with Gasteiger partial charge in [0.25, 0.3) is 0 Å². The lowest BCUT2D eigenvalue weighted by Crippen LogP contribution is -2.71. The van der Waals surface area contributed by atoms with Crippen LogP contribution < -0.4 is 0 Å². The number of hydrogen-bond donors (Lipinski definition) is 2. The summed E-state index contributed by atoms with van der Waals surface area (Å²) in [6.45, 7) is 9.70. The summed E-state index contributed by atoms with van der Waals surface area (Å²) in [7, 11) is 0. The van der Waals surface area contributed by atoms with Crippen molar-refractivity contribution in [1.29, 1.82) is 0 Å². The highest BCUT2D eigenvalue weighted by atomic mass is 16.6. The molecule has 1 spiro atoms. The molecule has 2 N–H and O–H groups in total. The lowest BCUT2D eigenvalue weighted by atomic mass is 9.52. The Kier molecular flexibility index (Phi) is 9.35. The molecule has 0 amide bonds. The molecule has 0 unspecified atom stereocenters. The van der Waals surface area contributed by atoms with Crippen molar-refractivity contribution in [3.05, 3.63) is 23.8 Å². The highest BCUT2D eigenvalue weighted by molar-refractivity contribution is 5.78. The van der Waals surface area contributed by atoms with E-state index in [0.29, 0.717) is 0 Å². The van der Waals surface area contributed by atoms with Gasteiger partial charge in [0.05, 0.1) is 24.5 Å². The van der Waals surface area contributed by atoms with E-state index in [1.807, 2.05) is 13.8 Å². The van der Waals surface area contributed by atoms with Crippen LogP contribution >= 0.6 is 0 Å². The van der Waals surface area contributed by atoms with E-state index < -0.39 is 95.4 Å². The van der Waals surface area contributed by atoms with Crippen LogP contribution in [-0.2, 0) is 52.4 Å². The molecule has 0 aromatic rings. The first-order valence-electron chi connectivity index (χ1n) is 14.8. The maximum atomic E-state index is 13.0. The highest BCUT2D eigenvalue weighted by Crippen LogP contribution is 2.62. The summed E-state index contributed by atoms with van der Waals surface area (Å²) < 4.78 is 35.3. The first-order chi connectivity index (χ1) is 20.5. The number of ether oxygens (including phenoxy) is 6. The molecule has 4 aliphatic rings.